The number of carboxylic acid groups (broad SMARTS) is 2. The molecule has 11 heavy (non-hydrogen) atoms. The average Bonchev–Trinajstić information content (AvgIpc) is 1.82. The van der Waals surface area contributed by atoms with Gasteiger partial charge < -0.3 is 15.1 Å². The van der Waals surface area contributed by atoms with Crippen LogP contribution in [0.2, 0.25) is 0 Å². The Bertz CT molecular complexity index is 149. The van der Waals surface area contributed by atoms with Crippen LogP contribution in [0.15, 0.2) is 5.16 Å². The van der Waals surface area contributed by atoms with E-state index in [2.05, 4.69) is 9.99 Å². The first-order chi connectivity index (χ1) is 5.00. The largest absolute Gasteiger partial charge is 0.481 e. The zero-order valence-electron chi connectivity index (χ0n) is 6.14. The van der Waals surface area contributed by atoms with Crippen LogP contribution >= 0.6 is 0 Å². The Morgan fingerprint density at radius 2 is 1.82 bits per heavy atom. The van der Waals surface area contributed by atoms with Crippen LogP contribution in [0.25, 0.3) is 0 Å². The lowest BCUT2D eigenvalue weighted by Crippen LogP contribution is -1.94. The van der Waals surface area contributed by atoms with Crippen molar-refractivity contribution in [2.45, 2.75) is 6.92 Å². The molecule has 0 heterocycles. The smallest absolute Gasteiger partial charge is 0.350 e. The summed E-state index contributed by atoms with van der Waals surface area (Å²) in [5, 5.41) is 18.2. The van der Waals surface area contributed by atoms with Crippen LogP contribution < -0.4 is 0 Å². The Morgan fingerprint density at radius 3 is 1.91 bits per heavy atom. The molecular weight excluding hydrogens is 154 g/mol. The molecule has 0 unspecified atom stereocenters. The molecule has 6 nitrogen and oxygen atoms in total. The van der Waals surface area contributed by atoms with E-state index in [1.807, 2.05) is 0 Å². The lowest BCUT2D eigenvalue weighted by Gasteiger charge is -1.78. The van der Waals surface area contributed by atoms with Crippen LogP contribution in [0.3, 0.4) is 0 Å². The van der Waals surface area contributed by atoms with Crippen molar-refractivity contribution in [1.82, 2.24) is 0 Å². The number of aliphatic carboxylic acids is 2. The SMILES string of the molecule is CC(=O)O.CON=CC(=O)O. The van der Waals surface area contributed by atoms with Gasteiger partial charge in [-0.15, -0.1) is 0 Å². The molecule has 0 aliphatic carbocycles. The maximum atomic E-state index is 9.53. The standard InChI is InChI=1S/C3H5NO3.C2H4O2/c1-7-4-2-3(5)6;1-2(3)4/h2H,1H3,(H,5,6);1H3,(H,3,4). The Balaban J connectivity index is 0. The molecule has 0 aliphatic heterocycles. The second kappa shape index (κ2) is 8.41. The van der Waals surface area contributed by atoms with Crippen LogP contribution in [-0.2, 0) is 14.4 Å². The number of oxime groups is 1. The predicted octanol–water partition coefficient (Wildman–Crippen LogP) is -0.206. The number of nitrogens with zero attached hydrogens (tertiary/aromatic N) is 1. The molecule has 0 rings (SSSR count). The summed E-state index contributed by atoms with van der Waals surface area (Å²) in [6, 6.07) is 0. The minimum atomic E-state index is -1.11. The van der Waals surface area contributed by atoms with E-state index in [0.717, 1.165) is 6.92 Å². The highest BCUT2D eigenvalue weighted by Crippen LogP contribution is 1.61. The highest BCUT2D eigenvalue weighted by atomic mass is 16.6. The second-order valence-corrected chi connectivity index (χ2v) is 1.27. The fourth-order valence-corrected chi connectivity index (χ4v) is 0.0978. The number of hydrogen-bond acceptors (Lipinski definition) is 4. The summed E-state index contributed by atoms with van der Waals surface area (Å²) in [7, 11) is 1.28. The fraction of sp³-hybridized carbons (Fsp3) is 0.400. The Labute approximate surface area is 63.1 Å². The van der Waals surface area contributed by atoms with E-state index in [0.29, 0.717) is 6.21 Å². The quantitative estimate of drug-likeness (QED) is 0.433. The number of hydrogen-bond donors (Lipinski definition) is 2. The number of rotatable bonds is 2. The molecular formula is C5H9NO5. The van der Waals surface area contributed by atoms with Gasteiger partial charge in [-0.1, -0.05) is 5.16 Å². The van der Waals surface area contributed by atoms with Gasteiger partial charge in [-0.25, -0.2) is 4.79 Å². The van der Waals surface area contributed by atoms with E-state index >= 15 is 0 Å². The summed E-state index contributed by atoms with van der Waals surface area (Å²) in [6.07, 6.45) is 0.667. The maximum Gasteiger partial charge on any atom is 0.350 e. The third-order valence-corrected chi connectivity index (χ3v) is 0.269. The summed E-state index contributed by atoms with van der Waals surface area (Å²) >= 11 is 0. The third-order valence-electron chi connectivity index (χ3n) is 0.269. The summed E-state index contributed by atoms with van der Waals surface area (Å²) < 4.78 is 0. The third kappa shape index (κ3) is 59.5. The predicted molar refractivity (Wildman–Crippen MR) is 36.4 cm³/mol. The molecule has 0 fully saturated rings. The van der Waals surface area contributed by atoms with Gasteiger partial charge in [0.15, 0.2) is 6.21 Å². The van der Waals surface area contributed by atoms with E-state index in [9.17, 15) is 4.79 Å². The molecule has 0 radical (unpaired) electrons. The zero-order chi connectivity index (χ0) is 9.28. The van der Waals surface area contributed by atoms with Crippen LogP contribution in [0.1, 0.15) is 6.92 Å². The van der Waals surface area contributed by atoms with Gasteiger partial charge in [0.05, 0.1) is 0 Å². The van der Waals surface area contributed by atoms with Crippen molar-refractivity contribution >= 4 is 18.2 Å². The van der Waals surface area contributed by atoms with Crippen molar-refractivity contribution in [1.29, 1.82) is 0 Å². The summed E-state index contributed by atoms with van der Waals surface area (Å²) in [5.41, 5.74) is 0. The Hall–Kier alpha value is -1.59. The Kier molecular flexibility index (Phi) is 9.27. The second-order valence-electron chi connectivity index (χ2n) is 1.27. The first kappa shape index (κ1) is 12.1. The van der Waals surface area contributed by atoms with E-state index < -0.39 is 11.9 Å². The molecule has 0 atom stereocenters. The first-order valence-electron chi connectivity index (χ1n) is 2.49. The van der Waals surface area contributed by atoms with Gasteiger partial charge in [0.2, 0.25) is 0 Å². The molecule has 0 aromatic rings. The van der Waals surface area contributed by atoms with Crippen molar-refractivity contribution in [3.05, 3.63) is 0 Å². The number of carboxylic acids is 2. The van der Waals surface area contributed by atoms with Crippen molar-refractivity contribution < 1.29 is 24.6 Å². The molecule has 0 saturated carbocycles. The summed E-state index contributed by atoms with van der Waals surface area (Å²) in [4.78, 5) is 22.6. The molecule has 64 valence electrons. The summed E-state index contributed by atoms with van der Waals surface area (Å²) in [5.74, 6) is -1.94. The lowest BCUT2D eigenvalue weighted by atomic mass is 10.8. The van der Waals surface area contributed by atoms with Crippen LogP contribution in [0.4, 0.5) is 0 Å². The van der Waals surface area contributed by atoms with E-state index in [1.54, 1.807) is 0 Å². The van der Waals surface area contributed by atoms with Crippen LogP contribution in [0.5, 0.6) is 0 Å². The van der Waals surface area contributed by atoms with Gasteiger partial charge in [0.1, 0.15) is 7.11 Å². The molecule has 0 saturated heterocycles. The van der Waals surface area contributed by atoms with Crippen molar-refractivity contribution in [3.63, 3.8) is 0 Å². The van der Waals surface area contributed by atoms with Crippen LogP contribution in [0, 0.1) is 0 Å². The van der Waals surface area contributed by atoms with Gasteiger partial charge in [-0.05, 0) is 0 Å². The normalized spacial score (nSPS) is 8.18. The average molecular weight is 163 g/mol. The molecule has 2 N–H and O–H groups in total. The molecule has 0 spiro atoms. The highest BCUT2D eigenvalue weighted by Gasteiger charge is 1.82. The minimum absolute atomic E-state index is 0.667. The Morgan fingerprint density at radius 1 is 1.45 bits per heavy atom. The minimum Gasteiger partial charge on any atom is -0.481 e. The van der Waals surface area contributed by atoms with Gasteiger partial charge >= 0.3 is 5.97 Å². The topological polar surface area (TPSA) is 96.2 Å². The van der Waals surface area contributed by atoms with Crippen molar-refractivity contribution in [3.8, 4) is 0 Å². The van der Waals surface area contributed by atoms with E-state index in [4.69, 9.17) is 15.0 Å². The summed E-state index contributed by atoms with van der Waals surface area (Å²) in [6.45, 7) is 1.08. The van der Waals surface area contributed by atoms with Crippen molar-refractivity contribution in [2.75, 3.05) is 7.11 Å². The van der Waals surface area contributed by atoms with Crippen LogP contribution in [-0.4, -0.2) is 35.5 Å². The molecule has 0 bridgehead atoms. The molecule has 0 aliphatic rings. The fourth-order valence-electron chi connectivity index (χ4n) is 0.0978. The zero-order valence-corrected chi connectivity index (χ0v) is 6.14. The molecule has 0 aromatic heterocycles. The monoisotopic (exact) mass is 163 g/mol. The maximum absolute atomic E-state index is 9.53. The molecule has 0 aromatic carbocycles. The lowest BCUT2D eigenvalue weighted by molar-refractivity contribution is -0.134. The first-order valence-corrected chi connectivity index (χ1v) is 2.49. The van der Waals surface area contributed by atoms with Gasteiger partial charge in [0.25, 0.3) is 5.97 Å². The highest BCUT2D eigenvalue weighted by molar-refractivity contribution is 6.21. The van der Waals surface area contributed by atoms with E-state index in [1.165, 1.54) is 7.11 Å². The van der Waals surface area contributed by atoms with Gasteiger partial charge in [-0.3, -0.25) is 4.79 Å². The van der Waals surface area contributed by atoms with E-state index in [-0.39, 0.29) is 0 Å². The molecule has 6 heteroatoms. The van der Waals surface area contributed by atoms with Gasteiger partial charge in [-0.2, -0.15) is 0 Å². The number of carbonyl (C=O) groups is 2. The van der Waals surface area contributed by atoms with Crippen molar-refractivity contribution in [2.24, 2.45) is 5.16 Å². The van der Waals surface area contributed by atoms with Gasteiger partial charge in [0, 0.05) is 6.92 Å². The molecule has 0 amide bonds.